The Hall–Kier alpha value is -2.94. The van der Waals surface area contributed by atoms with Crippen molar-refractivity contribution in [3.05, 3.63) is 62.5 Å². The highest BCUT2D eigenvalue weighted by atomic mass is 32.1. The zero-order valence-electron chi connectivity index (χ0n) is 14.4. The van der Waals surface area contributed by atoms with Crippen LogP contribution in [0, 0.1) is 18.6 Å². The Morgan fingerprint density at radius 1 is 1.26 bits per heavy atom. The van der Waals surface area contributed by atoms with E-state index in [-0.39, 0.29) is 22.4 Å². The van der Waals surface area contributed by atoms with E-state index in [1.807, 2.05) is 0 Å². The van der Waals surface area contributed by atoms with Crippen LogP contribution in [0.25, 0.3) is 10.2 Å². The number of aryl methyl sites for hydroxylation is 1. The largest absolute Gasteiger partial charge is 0.462 e. The van der Waals surface area contributed by atoms with E-state index in [0.717, 1.165) is 34.1 Å². The molecule has 0 aliphatic carbocycles. The summed E-state index contributed by atoms with van der Waals surface area (Å²) in [7, 11) is 0. The first-order valence-corrected chi connectivity index (χ1v) is 8.79. The van der Waals surface area contributed by atoms with Crippen molar-refractivity contribution in [2.45, 2.75) is 20.4 Å². The Morgan fingerprint density at radius 2 is 2.00 bits per heavy atom. The van der Waals surface area contributed by atoms with Gasteiger partial charge in [0.1, 0.15) is 9.71 Å². The molecule has 0 saturated carbocycles. The maximum absolute atomic E-state index is 13.3. The second-order valence-corrected chi connectivity index (χ2v) is 6.69. The van der Waals surface area contributed by atoms with Gasteiger partial charge in [-0.3, -0.25) is 14.2 Å². The summed E-state index contributed by atoms with van der Waals surface area (Å²) in [5, 5.41) is 0.226. The lowest BCUT2D eigenvalue weighted by molar-refractivity contribution is 0.0531. The van der Waals surface area contributed by atoms with Crippen LogP contribution < -0.4 is 5.56 Å². The van der Waals surface area contributed by atoms with Crippen LogP contribution in [-0.4, -0.2) is 27.9 Å². The van der Waals surface area contributed by atoms with Gasteiger partial charge in [0.2, 0.25) is 0 Å². The standard InChI is InChI=1S/C18H14F2N2O4S/c1-3-26-18(25)15-9(2)14-16(27-15)21-8-22(17(14)24)7-13(23)10-4-5-11(19)12(20)6-10/h4-6,8H,3,7H2,1-2H3. The molecule has 6 nitrogen and oxygen atoms in total. The van der Waals surface area contributed by atoms with Gasteiger partial charge in [0.05, 0.1) is 24.9 Å². The van der Waals surface area contributed by atoms with E-state index >= 15 is 0 Å². The molecule has 1 aromatic carbocycles. The molecular weight excluding hydrogens is 378 g/mol. The number of hydrogen-bond acceptors (Lipinski definition) is 6. The number of carbonyl (C=O) groups excluding carboxylic acids is 2. The quantitative estimate of drug-likeness (QED) is 0.493. The summed E-state index contributed by atoms with van der Waals surface area (Å²) >= 11 is 1.04. The maximum atomic E-state index is 13.3. The lowest BCUT2D eigenvalue weighted by Crippen LogP contribution is -2.24. The summed E-state index contributed by atoms with van der Waals surface area (Å²) in [5.41, 5.74) is -0.129. The molecule has 140 valence electrons. The zero-order chi connectivity index (χ0) is 19.7. The van der Waals surface area contributed by atoms with Crippen LogP contribution in [0.3, 0.4) is 0 Å². The van der Waals surface area contributed by atoms with Gasteiger partial charge in [-0.25, -0.2) is 18.6 Å². The monoisotopic (exact) mass is 392 g/mol. The second-order valence-electron chi connectivity index (χ2n) is 5.69. The van der Waals surface area contributed by atoms with E-state index in [1.165, 1.54) is 6.33 Å². The first kappa shape index (κ1) is 18.8. The summed E-state index contributed by atoms with van der Waals surface area (Å²) in [4.78, 5) is 41.8. The number of aromatic nitrogens is 2. The molecule has 0 saturated heterocycles. The fourth-order valence-electron chi connectivity index (χ4n) is 2.58. The lowest BCUT2D eigenvalue weighted by atomic mass is 10.1. The minimum absolute atomic E-state index is 0.0600. The number of ether oxygens (including phenoxy) is 1. The van der Waals surface area contributed by atoms with Crippen molar-refractivity contribution in [2.75, 3.05) is 6.61 Å². The highest BCUT2D eigenvalue weighted by Crippen LogP contribution is 2.27. The van der Waals surface area contributed by atoms with Gasteiger partial charge in [0, 0.05) is 5.56 Å². The number of thiophene rings is 1. The van der Waals surface area contributed by atoms with Crippen LogP contribution >= 0.6 is 11.3 Å². The molecule has 0 radical (unpaired) electrons. The summed E-state index contributed by atoms with van der Waals surface area (Å²) < 4.78 is 32.4. The Balaban J connectivity index is 1.98. The summed E-state index contributed by atoms with van der Waals surface area (Å²) in [6.07, 6.45) is 1.19. The molecule has 0 atom stereocenters. The second kappa shape index (κ2) is 7.36. The molecule has 27 heavy (non-hydrogen) atoms. The van der Waals surface area contributed by atoms with Crippen LogP contribution in [-0.2, 0) is 11.3 Å². The molecule has 0 aliphatic rings. The number of carbonyl (C=O) groups is 2. The lowest BCUT2D eigenvalue weighted by Gasteiger charge is -2.05. The number of ketones is 1. The van der Waals surface area contributed by atoms with Crippen LogP contribution in [0.15, 0.2) is 29.3 Å². The third kappa shape index (κ3) is 3.50. The van der Waals surface area contributed by atoms with Gasteiger partial charge >= 0.3 is 5.97 Å². The number of rotatable bonds is 5. The average molecular weight is 392 g/mol. The van der Waals surface area contributed by atoms with E-state index in [0.29, 0.717) is 10.4 Å². The van der Waals surface area contributed by atoms with E-state index in [4.69, 9.17) is 4.74 Å². The molecule has 0 amide bonds. The highest BCUT2D eigenvalue weighted by Gasteiger charge is 2.21. The van der Waals surface area contributed by atoms with Crippen molar-refractivity contribution >= 4 is 33.3 Å². The Bertz CT molecular complexity index is 1120. The third-order valence-electron chi connectivity index (χ3n) is 3.93. The molecule has 3 aromatic rings. The smallest absolute Gasteiger partial charge is 0.348 e. The molecule has 2 aromatic heterocycles. The van der Waals surface area contributed by atoms with Gasteiger partial charge in [0.25, 0.3) is 5.56 Å². The van der Waals surface area contributed by atoms with Crippen LogP contribution in [0.1, 0.15) is 32.5 Å². The number of nitrogens with zero attached hydrogens (tertiary/aromatic N) is 2. The fraction of sp³-hybridized carbons (Fsp3) is 0.222. The van der Waals surface area contributed by atoms with Crippen LogP contribution in [0.2, 0.25) is 0 Å². The van der Waals surface area contributed by atoms with E-state index in [9.17, 15) is 23.2 Å². The fourth-order valence-corrected chi connectivity index (χ4v) is 3.61. The summed E-state index contributed by atoms with van der Waals surface area (Å²) in [6.45, 7) is 3.09. The predicted molar refractivity (Wildman–Crippen MR) is 95.3 cm³/mol. The van der Waals surface area contributed by atoms with E-state index < -0.39 is 35.5 Å². The minimum atomic E-state index is -1.14. The zero-order valence-corrected chi connectivity index (χ0v) is 15.2. The van der Waals surface area contributed by atoms with Gasteiger partial charge in [-0.15, -0.1) is 11.3 Å². The van der Waals surface area contributed by atoms with Crippen molar-refractivity contribution in [1.82, 2.24) is 9.55 Å². The molecule has 9 heteroatoms. The highest BCUT2D eigenvalue weighted by molar-refractivity contribution is 7.20. The van der Waals surface area contributed by atoms with Crippen LogP contribution in [0.4, 0.5) is 8.78 Å². The normalized spacial score (nSPS) is 11.0. The van der Waals surface area contributed by atoms with Gasteiger partial charge in [-0.1, -0.05) is 0 Å². The molecule has 0 spiro atoms. The van der Waals surface area contributed by atoms with Crippen molar-refractivity contribution in [3.63, 3.8) is 0 Å². The first-order chi connectivity index (χ1) is 12.8. The molecule has 2 heterocycles. The number of esters is 1. The maximum Gasteiger partial charge on any atom is 0.348 e. The number of Topliss-reactive ketones (excluding diaryl/α,β-unsaturated/α-hetero) is 1. The van der Waals surface area contributed by atoms with E-state index in [1.54, 1.807) is 13.8 Å². The Labute approximate surface area is 156 Å². The summed E-state index contributed by atoms with van der Waals surface area (Å²) in [6, 6.07) is 2.78. The Morgan fingerprint density at radius 3 is 2.67 bits per heavy atom. The molecule has 0 fully saturated rings. The predicted octanol–water partition coefficient (Wildman–Crippen LogP) is 3.10. The Kier molecular flexibility index (Phi) is 5.13. The molecule has 0 unspecified atom stereocenters. The van der Waals surface area contributed by atoms with Crippen LogP contribution in [0.5, 0.6) is 0 Å². The first-order valence-electron chi connectivity index (χ1n) is 7.97. The molecular formula is C18H14F2N2O4S. The molecule has 0 N–H and O–H groups in total. The van der Waals surface area contributed by atoms with Crippen molar-refractivity contribution < 1.29 is 23.1 Å². The van der Waals surface area contributed by atoms with Crippen molar-refractivity contribution in [3.8, 4) is 0 Å². The van der Waals surface area contributed by atoms with E-state index in [2.05, 4.69) is 4.98 Å². The number of benzene rings is 1. The number of halogens is 2. The molecule has 0 bridgehead atoms. The minimum Gasteiger partial charge on any atom is -0.462 e. The third-order valence-corrected chi connectivity index (χ3v) is 5.11. The summed E-state index contributed by atoms with van der Waals surface area (Å²) in [5.74, 6) is -3.32. The molecule has 3 rings (SSSR count). The topological polar surface area (TPSA) is 78.3 Å². The molecule has 0 aliphatic heterocycles. The van der Waals surface area contributed by atoms with Gasteiger partial charge in [-0.2, -0.15) is 0 Å². The average Bonchev–Trinajstić information content (AvgIpc) is 2.97. The SMILES string of the molecule is CCOC(=O)c1sc2ncn(CC(=O)c3ccc(F)c(F)c3)c(=O)c2c1C. The van der Waals surface area contributed by atoms with Crippen molar-refractivity contribution in [2.24, 2.45) is 0 Å². The van der Waals surface area contributed by atoms with Gasteiger partial charge in [-0.05, 0) is 37.6 Å². The number of fused-ring (bicyclic) bond motifs is 1. The van der Waals surface area contributed by atoms with Gasteiger partial charge < -0.3 is 4.74 Å². The number of hydrogen-bond donors (Lipinski definition) is 0. The van der Waals surface area contributed by atoms with Gasteiger partial charge in [0.15, 0.2) is 17.4 Å². The van der Waals surface area contributed by atoms with Crippen molar-refractivity contribution in [1.29, 1.82) is 0 Å².